The number of ether oxygens (including phenoxy) is 3. The molecule has 1 aromatic carbocycles. The van der Waals surface area contributed by atoms with Gasteiger partial charge in [-0.25, -0.2) is 0 Å². The van der Waals surface area contributed by atoms with E-state index in [0.29, 0.717) is 48.7 Å². The lowest BCUT2D eigenvalue weighted by molar-refractivity contribution is -0.0869. The molecule has 2 unspecified atom stereocenters. The third-order valence-electron chi connectivity index (χ3n) is 2.96. The number of benzene rings is 1. The summed E-state index contributed by atoms with van der Waals surface area (Å²) in [5, 5.41) is 14.0. The summed E-state index contributed by atoms with van der Waals surface area (Å²) in [6.45, 7) is 3.01. The maximum absolute atomic E-state index is 9.86. The Hall–Kier alpha value is -0.560. The summed E-state index contributed by atoms with van der Waals surface area (Å²) in [7, 11) is 0. The first-order valence-electron chi connectivity index (χ1n) is 6.81. The molecular formula is C14H19Cl2NO4. The van der Waals surface area contributed by atoms with Crippen LogP contribution in [0.2, 0.25) is 10.0 Å². The summed E-state index contributed by atoms with van der Waals surface area (Å²) >= 11 is 11.8. The van der Waals surface area contributed by atoms with Crippen molar-refractivity contribution in [2.75, 3.05) is 39.5 Å². The fraction of sp³-hybridized carbons (Fsp3) is 0.571. The van der Waals surface area contributed by atoms with Crippen molar-refractivity contribution in [3.63, 3.8) is 0 Å². The smallest absolute Gasteiger partial charge is 0.139 e. The minimum absolute atomic E-state index is 0.0363. The Balaban J connectivity index is 1.65. The van der Waals surface area contributed by atoms with Crippen LogP contribution in [0.25, 0.3) is 0 Å². The lowest BCUT2D eigenvalue weighted by Gasteiger charge is -2.23. The Bertz CT molecular complexity index is 441. The molecular weight excluding hydrogens is 317 g/mol. The molecule has 118 valence electrons. The fourth-order valence-corrected chi connectivity index (χ4v) is 2.23. The molecule has 2 rings (SSSR count). The summed E-state index contributed by atoms with van der Waals surface area (Å²) in [5.41, 5.74) is 0. The van der Waals surface area contributed by atoms with Crippen LogP contribution in [0.1, 0.15) is 0 Å². The summed E-state index contributed by atoms with van der Waals surface area (Å²) < 4.78 is 16.2. The molecule has 1 heterocycles. The van der Waals surface area contributed by atoms with Gasteiger partial charge in [-0.15, -0.1) is 0 Å². The second-order valence-corrected chi connectivity index (χ2v) is 5.61. The van der Waals surface area contributed by atoms with Crippen LogP contribution < -0.4 is 10.1 Å². The van der Waals surface area contributed by atoms with E-state index in [4.69, 9.17) is 37.4 Å². The summed E-state index contributed by atoms with van der Waals surface area (Å²) in [6.07, 6.45) is -0.612. The van der Waals surface area contributed by atoms with Gasteiger partial charge in [0.05, 0.1) is 30.9 Å². The fourth-order valence-electron chi connectivity index (χ4n) is 1.90. The molecule has 21 heavy (non-hydrogen) atoms. The molecule has 1 saturated heterocycles. The van der Waals surface area contributed by atoms with Gasteiger partial charge in [-0.1, -0.05) is 23.2 Å². The van der Waals surface area contributed by atoms with Crippen molar-refractivity contribution in [3.05, 3.63) is 28.2 Å². The SMILES string of the molecule is OC(CNCC1COCCO1)COc1cc(Cl)ccc1Cl. The Morgan fingerprint density at radius 3 is 3.00 bits per heavy atom. The van der Waals surface area contributed by atoms with Gasteiger partial charge in [0.2, 0.25) is 0 Å². The first kappa shape index (κ1) is 16.8. The van der Waals surface area contributed by atoms with Gasteiger partial charge in [0.1, 0.15) is 18.5 Å². The van der Waals surface area contributed by atoms with Crippen LogP contribution >= 0.6 is 23.2 Å². The number of halogens is 2. The third kappa shape index (κ3) is 5.98. The molecule has 7 heteroatoms. The lowest BCUT2D eigenvalue weighted by Crippen LogP contribution is -2.41. The normalized spacial score (nSPS) is 20.2. The predicted octanol–water partition coefficient (Wildman–Crippen LogP) is 1.74. The van der Waals surface area contributed by atoms with Crippen molar-refractivity contribution in [1.29, 1.82) is 0 Å². The molecule has 1 aromatic rings. The molecule has 2 atom stereocenters. The minimum atomic E-state index is -0.649. The summed E-state index contributed by atoms with van der Waals surface area (Å²) in [6, 6.07) is 4.96. The molecule has 1 fully saturated rings. The van der Waals surface area contributed by atoms with E-state index < -0.39 is 6.10 Å². The maximum Gasteiger partial charge on any atom is 0.139 e. The first-order chi connectivity index (χ1) is 10.1. The quantitative estimate of drug-likeness (QED) is 0.794. The van der Waals surface area contributed by atoms with Gasteiger partial charge in [0.25, 0.3) is 0 Å². The number of aliphatic hydroxyl groups excluding tert-OH is 1. The lowest BCUT2D eigenvalue weighted by atomic mass is 10.3. The van der Waals surface area contributed by atoms with Crippen LogP contribution in [0, 0.1) is 0 Å². The molecule has 0 radical (unpaired) electrons. The first-order valence-corrected chi connectivity index (χ1v) is 7.56. The van der Waals surface area contributed by atoms with Gasteiger partial charge < -0.3 is 24.6 Å². The standard InChI is InChI=1S/C14H19Cl2NO4/c15-10-1-2-13(16)14(5-10)21-8-11(18)6-17-7-12-9-19-3-4-20-12/h1-2,5,11-12,17-18H,3-4,6-9H2. The van der Waals surface area contributed by atoms with Gasteiger partial charge in [-0.3, -0.25) is 0 Å². The van der Waals surface area contributed by atoms with Gasteiger partial charge in [0, 0.05) is 24.2 Å². The highest BCUT2D eigenvalue weighted by Crippen LogP contribution is 2.27. The second-order valence-electron chi connectivity index (χ2n) is 4.77. The zero-order chi connectivity index (χ0) is 15.1. The van der Waals surface area contributed by atoms with Gasteiger partial charge >= 0.3 is 0 Å². The van der Waals surface area contributed by atoms with Crippen molar-refractivity contribution in [2.24, 2.45) is 0 Å². The van der Waals surface area contributed by atoms with E-state index in [-0.39, 0.29) is 12.7 Å². The van der Waals surface area contributed by atoms with Crippen LogP contribution in [0.3, 0.4) is 0 Å². The van der Waals surface area contributed by atoms with Crippen LogP contribution in [0.5, 0.6) is 5.75 Å². The Morgan fingerprint density at radius 2 is 2.24 bits per heavy atom. The largest absolute Gasteiger partial charge is 0.489 e. The zero-order valence-corrected chi connectivity index (χ0v) is 13.1. The highest BCUT2D eigenvalue weighted by molar-refractivity contribution is 6.34. The second kappa shape index (κ2) is 8.78. The number of hydrogen-bond donors (Lipinski definition) is 2. The van der Waals surface area contributed by atoms with Gasteiger partial charge in [-0.05, 0) is 12.1 Å². The molecule has 0 aliphatic carbocycles. The molecule has 0 aromatic heterocycles. The molecule has 1 aliphatic rings. The molecule has 0 spiro atoms. The van der Waals surface area contributed by atoms with Crippen molar-refractivity contribution < 1.29 is 19.3 Å². The predicted molar refractivity (Wildman–Crippen MR) is 81.4 cm³/mol. The topological polar surface area (TPSA) is 60.0 Å². The van der Waals surface area contributed by atoms with Crippen molar-refractivity contribution in [2.45, 2.75) is 12.2 Å². The molecule has 5 nitrogen and oxygen atoms in total. The average Bonchev–Trinajstić information content (AvgIpc) is 2.49. The number of aliphatic hydroxyl groups is 1. The van der Waals surface area contributed by atoms with E-state index >= 15 is 0 Å². The van der Waals surface area contributed by atoms with E-state index in [1.54, 1.807) is 18.2 Å². The average molecular weight is 336 g/mol. The molecule has 0 amide bonds. The van der Waals surface area contributed by atoms with Crippen molar-refractivity contribution in [3.8, 4) is 5.75 Å². The van der Waals surface area contributed by atoms with Crippen molar-refractivity contribution in [1.82, 2.24) is 5.32 Å². The number of rotatable bonds is 7. The third-order valence-corrected chi connectivity index (χ3v) is 3.51. The Morgan fingerprint density at radius 1 is 1.38 bits per heavy atom. The van der Waals surface area contributed by atoms with E-state index in [1.807, 2.05) is 0 Å². The number of nitrogens with one attached hydrogen (secondary N) is 1. The van der Waals surface area contributed by atoms with E-state index in [2.05, 4.69) is 5.32 Å². The van der Waals surface area contributed by atoms with Crippen LogP contribution in [-0.2, 0) is 9.47 Å². The van der Waals surface area contributed by atoms with E-state index in [0.717, 1.165) is 0 Å². The van der Waals surface area contributed by atoms with Gasteiger partial charge in [0.15, 0.2) is 0 Å². The Kier molecular flexibility index (Phi) is 7.03. The molecule has 2 N–H and O–H groups in total. The number of hydrogen-bond acceptors (Lipinski definition) is 5. The molecule has 0 saturated carbocycles. The highest BCUT2D eigenvalue weighted by atomic mass is 35.5. The highest BCUT2D eigenvalue weighted by Gasteiger charge is 2.14. The summed E-state index contributed by atoms with van der Waals surface area (Å²) in [5.74, 6) is 0.465. The minimum Gasteiger partial charge on any atom is -0.489 e. The van der Waals surface area contributed by atoms with E-state index in [1.165, 1.54) is 0 Å². The van der Waals surface area contributed by atoms with E-state index in [9.17, 15) is 5.11 Å². The monoisotopic (exact) mass is 335 g/mol. The Labute approximate surface area is 134 Å². The molecule has 0 bridgehead atoms. The molecule has 1 aliphatic heterocycles. The van der Waals surface area contributed by atoms with Gasteiger partial charge in [-0.2, -0.15) is 0 Å². The maximum atomic E-state index is 9.86. The van der Waals surface area contributed by atoms with Crippen molar-refractivity contribution >= 4 is 23.2 Å². The zero-order valence-electron chi connectivity index (χ0n) is 11.6. The van der Waals surface area contributed by atoms with Crippen LogP contribution in [0.15, 0.2) is 18.2 Å². The van der Waals surface area contributed by atoms with Crippen LogP contribution in [-0.4, -0.2) is 56.8 Å². The van der Waals surface area contributed by atoms with Crippen LogP contribution in [0.4, 0.5) is 0 Å². The summed E-state index contributed by atoms with van der Waals surface area (Å²) in [4.78, 5) is 0.